The molecule has 0 amide bonds. The molecule has 0 saturated carbocycles. The molecule has 2 heteroatoms. The van der Waals surface area contributed by atoms with E-state index in [2.05, 4.69) is 56.4 Å². The van der Waals surface area contributed by atoms with E-state index in [1.54, 1.807) is 11.1 Å². The van der Waals surface area contributed by atoms with Gasteiger partial charge >= 0.3 is 0 Å². The van der Waals surface area contributed by atoms with Gasteiger partial charge in [-0.05, 0) is 76.9 Å². The van der Waals surface area contributed by atoms with Crippen molar-refractivity contribution in [3.8, 4) is 0 Å². The third-order valence-corrected chi connectivity index (χ3v) is 4.17. The molecule has 0 aromatic heterocycles. The molecule has 0 aliphatic heterocycles. The zero-order valence-corrected chi connectivity index (χ0v) is 12.9. The third kappa shape index (κ3) is 4.05. The summed E-state index contributed by atoms with van der Waals surface area (Å²) < 4.78 is 0. The molecule has 0 saturated heterocycles. The summed E-state index contributed by atoms with van der Waals surface area (Å²) in [5, 5.41) is 3.72. The van der Waals surface area contributed by atoms with Gasteiger partial charge in [-0.2, -0.15) is 0 Å². The first kappa shape index (κ1) is 14.5. The van der Waals surface area contributed by atoms with Gasteiger partial charge in [0.25, 0.3) is 0 Å². The van der Waals surface area contributed by atoms with Crippen LogP contribution in [0.5, 0.6) is 0 Å². The Morgan fingerprint density at radius 2 is 1.89 bits per heavy atom. The lowest BCUT2D eigenvalue weighted by atomic mass is 10.0. The van der Waals surface area contributed by atoms with Crippen molar-refractivity contribution in [2.24, 2.45) is 0 Å². The number of fused-ring (bicyclic) bond motifs is 1. The predicted molar refractivity (Wildman–Crippen MR) is 82.7 cm³/mol. The molecule has 1 N–H and O–H groups in total. The van der Waals surface area contributed by atoms with Gasteiger partial charge < -0.3 is 10.2 Å². The molecule has 1 aliphatic rings. The van der Waals surface area contributed by atoms with E-state index in [9.17, 15) is 0 Å². The summed E-state index contributed by atoms with van der Waals surface area (Å²) in [6, 6.07) is 8.06. The predicted octanol–water partition coefficient (Wildman–Crippen LogP) is 3.17. The van der Waals surface area contributed by atoms with Crippen molar-refractivity contribution in [1.82, 2.24) is 10.2 Å². The van der Waals surface area contributed by atoms with Crippen molar-refractivity contribution in [1.29, 1.82) is 0 Å². The number of benzene rings is 1. The van der Waals surface area contributed by atoms with Gasteiger partial charge in [0.1, 0.15) is 0 Å². The van der Waals surface area contributed by atoms with E-state index in [-0.39, 0.29) is 0 Å². The number of rotatable bonds is 6. The molecule has 0 heterocycles. The first-order chi connectivity index (χ1) is 9.06. The van der Waals surface area contributed by atoms with E-state index in [4.69, 9.17) is 0 Å². The van der Waals surface area contributed by atoms with Crippen LogP contribution in [0.3, 0.4) is 0 Å². The highest BCUT2D eigenvalue weighted by atomic mass is 15.1. The van der Waals surface area contributed by atoms with Gasteiger partial charge in [0.2, 0.25) is 0 Å². The van der Waals surface area contributed by atoms with E-state index >= 15 is 0 Å². The van der Waals surface area contributed by atoms with Gasteiger partial charge in [0, 0.05) is 12.1 Å². The minimum Gasteiger partial charge on any atom is -0.309 e. The maximum Gasteiger partial charge on any atom is 0.0294 e. The van der Waals surface area contributed by atoms with Crippen molar-refractivity contribution in [3.63, 3.8) is 0 Å². The van der Waals surface area contributed by atoms with Gasteiger partial charge in [-0.1, -0.05) is 18.2 Å². The molecule has 1 aromatic carbocycles. The molecule has 2 unspecified atom stereocenters. The lowest BCUT2D eigenvalue weighted by molar-refractivity contribution is 0.354. The van der Waals surface area contributed by atoms with Crippen LogP contribution in [0, 0.1) is 0 Å². The van der Waals surface area contributed by atoms with Crippen LogP contribution in [0.1, 0.15) is 49.4 Å². The number of hydrogen-bond acceptors (Lipinski definition) is 2. The Hall–Kier alpha value is -0.860. The molecule has 1 aromatic rings. The Morgan fingerprint density at radius 3 is 2.63 bits per heavy atom. The fraction of sp³-hybridized carbons (Fsp3) is 0.647. The third-order valence-electron chi connectivity index (χ3n) is 4.17. The second kappa shape index (κ2) is 6.53. The topological polar surface area (TPSA) is 15.3 Å². The van der Waals surface area contributed by atoms with Gasteiger partial charge in [-0.15, -0.1) is 0 Å². The summed E-state index contributed by atoms with van der Waals surface area (Å²) in [7, 11) is 4.27. The normalized spacial score (nSPS) is 17.5. The molecule has 0 bridgehead atoms. The van der Waals surface area contributed by atoms with Gasteiger partial charge in [0.15, 0.2) is 0 Å². The quantitative estimate of drug-likeness (QED) is 0.845. The summed E-state index contributed by atoms with van der Waals surface area (Å²) in [6.07, 6.45) is 5.07. The van der Waals surface area contributed by atoms with Crippen LogP contribution < -0.4 is 5.32 Å². The second-order valence-electron chi connectivity index (χ2n) is 6.26. The average Bonchev–Trinajstić information content (AvgIpc) is 2.83. The lowest BCUT2D eigenvalue weighted by Gasteiger charge is -2.22. The van der Waals surface area contributed by atoms with E-state index in [1.807, 2.05) is 0 Å². The minimum absolute atomic E-state index is 0.447. The minimum atomic E-state index is 0.447. The molecular formula is C17H28N2. The molecular weight excluding hydrogens is 232 g/mol. The molecule has 19 heavy (non-hydrogen) atoms. The van der Waals surface area contributed by atoms with Crippen LogP contribution in [0.25, 0.3) is 0 Å². The highest BCUT2D eigenvalue weighted by Gasteiger charge is 2.14. The van der Waals surface area contributed by atoms with Crippen molar-refractivity contribution in [2.75, 3.05) is 20.6 Å². The molecule has 0 radical (unpaired) electrons. The van der Waals surface area contributed by atoms with Crippen molar-refractivity contribution in [2.45, 2.75) is 51.6 Å². The van der Waals surface area contributed by atoms with E-state index in [0.717, 1.165) is 6.54 Å². The molecule has 2 nitrogen and oxygen atoms in total. The van der Waals surface area contributed by atoms with Crippen LogP contribution in [-0.4, -0.2) is 31.6 Å². The Bertz CT molecular complexity index is 412. The fourth-order valence-electron chi connectivity index (χ4n) is 2.92. The first-order valence-electron chi connectivity index (χ1n) is 7.58. The van der Waals surface area contributed by atoms with E-state index in [0.29, 0.717) is 12.1 Å². The van der Waals surface area contributed by atoms with E-state index < -0.39 is 0 Å². The monoisotopic (exact) mass is 260 g/mol. The summed E-state index contributed by atoms with van der Waals surface area (Å²) in [5.41, 5.74) is 4.58. The van der Waals surface area contributed by atoms with Crippen LogP contribution in [0.2, 0.25) is 0 Å². The van der Waals surface area contributed by atoms with Gasteiger partial charge in [-0.3, -0.25) is 0 Å². The van der Waals surface area contributed by atoms with Crippen molar-refractivity contribution in [3.05, 3.63) is 34.9 Å². The van der Waals surface area contributed by atoms with Crippen molar-refractivity contribution < 1.29 is 0 Å². The number of nitrogens with zero attached hydrogens (tertiary/aromatic N) is 1. The number of aryl methyl sites for hydroxylation is 2. The Balaban J connectivity index is 1.90. The number of nitrogens with one attached hydrogen (secondary N) is 1. The van der Waals surface area contributed by atoms with Gasteiger partial charge in [-0.25, -0.2) is 0 Å². The highest BCUT2D eigenvalue weighted by Crippen LogP contribution is 2.25. The van der Waals surface area contributed by atoms with Crippen LogP contribution in [0.4, 0.5) is 0 Å². The van der Waals surface area contributed by atoms with E-state index in [1.165, 1.54) is 31.2 Å². The Labute approximate surface area is 118 Å². The van der Waals surface area contributed by atoms with Crippen LogP contribution in [-0.2, 0) is 12.8 Å². The molecule has 0 fully saturated rings. The summed E-state index contributed by atoms with van der Waals surface area (Å²) in [6.45, 7) is 5.71. The Morgan fingerprint density at radius 1 is 1.16 bits per heavy atom. The number of hydrogen-bond donors (Lipinski definition) is 1. The molecule has 1 aliphatic carbocycles. The lowest BCUT2D eigenvalue weighted by Crippen LogP contribution is -2.31. The molecule has 0 spiro atoms. The summed E-state index contributed by atoms with van der Waals surface area (Å²) in [5.74, 6) is 0. The zero-order valence-electron chi connectivity index (χ0n) is 12.9. The summed E-state index contributed by atoms with van der Waals surface area (Å²) >= 11 is 0. The Kier molecular flexibility index (Phi) is 5.00. The smallest absolute Gasteiger partial charge is 0.0294 e. The van der Waals surface area contributed by atoms with Crippen LogP contribution in [0.15, 0.2) is 18.2 Å². The van der Waals surface area contributed by atoms with Gasteiger partial charge in [0.05, 0.1) is 0 Å². The fourth-order valence-corrected chi connectivity index (χ4v) is 2.92. The van der Waals surface area contributed by atoms with Crippen molar-refractivity contribution >= 4 is 0 Å². The molecule has 2 atom stereocenters. The largest absolute Gasteiger partial charge is 0.309 e. The zero-order chi connectivity index (χ0) is 13.8. The highest BCUT2D eigenvalue weighted by molar-refractivity contribution is 5.36. The maximum absolute atomic E-state index is 3.72. The maximum atomic E-state index is 3.72. The SMILES string of the molecule is CC(CCN(C)C)NC(C)c1ccc2c(c1)CCC2. The first-order valence-corrected chi connectivity index (χ1v) is 7.58. The average molecular weight is 260 g/mol. The second-order valence-corrected chi connectivity index (χ2v) is 6.26. The summed E-state index contributed by atoms with van der Waals surface area (Å²) in [4.78, 5) is 2.25. The van der Waals surface area contributed by atoms with Crippen LogP contribution >= 0.6 is 0 Å². The standard InChI is InChI=1S/C17H28N2/c1-13(10-11-19(3)4)18-14(2)16-9-8-15-6-5-7-17(15)12-16/h8-9,12-14,18H,5-7,10-11H2,1-4H3. The molecule has 106 valence electrons. The molecule has 2 rings (SSSR count).